The molecule has 2 aromatic rings. The van der Waals surface area contributed by atoms with Crippen LogP contribution in [0.1, 0.15) is 21.7 Å². The first-order valence-electron chi connectivity index (χ1n) is 8.02. The van der Waals surface area contributed by atoms with Gasteiger partial charge in [-0.2, -0.15) is 0 Å². The minimum absolute atomic E-state index is 0.00805. The van der Waals surface area contributed by atoms with E-state index in [1.807, 2.05) is 20.2 Å². The highest BCUT2D eigenvalue weighted by molar-refractivity contribution is 9.11. The fourth-order valence-electron chi connectivity index (χ4n) is 2.23. The summed E-state index contributed by atoms with van der Waals surface area (Å²) in [4.78, 5) is 26.3. The number of benzene rings is 1. The van der Waals surface area contributed by atoms with Crippen LogP contribution in [0.3, 0.4) is 0 Å². The Morgan fingerprint density at radius 2 is 1.80 bits per heavy atom. The van der Waals surface area contributed by atoms with E-state index in [0.29, 0.717) is 11.4 Å². The highest BCUT2D eigenvalue weighted by Crippen LogP contribution is 2.21. The molecule has 0 unspecified atom stereocenters. The number of halogens is 1. The fraction of sp³-hybridized carbons (Fsp3) is 0.333. The van der Waals surface area contributed by atoms with Gasteiger partial charge in [0.15, 0.2) is 0 Å². The molecule has 0 spiro atoms. The number of hydrogen-bond acceptors (Lipinski definition) is 4. The zero-order valence-corrected chi connectivity index (χ0v) is 16.7. The van der Waals surface area contributed by atoms with Crippen molar-refractivity contribution < 1.29 is 9.59 Å². The van der Waals surface area contributed by atoms with Gasteiger partial charge >= 0.3 is 0 Å². The van der Waals surface area contributed by atoms with Crippen LogP contribution >= 0.6 is 27.3 Å². The van der Waals surface area contributed by atoms with Crippen LogP contribution < -0.4 is 15.5 Å². The van der Waals surface area contributed by atoms with E-state index in [1.54, 1.807) is 6.07 Å². The van der Waals surface area contributed by atoms with E-state index >= 15 is 0 Å². The van der Waals surface area contributed by atoms with E-state index < -0.39 is 0 Å². The Hall–Kier alpha value is -1.86. The molecule has 134 valence electrons. The Bertz CT molecular complexity index is 713. The van der Waals surface area contributed by atoms with E-state index in [4.69, 9.17) is 0 Å². The van der Waals surface area contributed by atoms with Crippen molar-refractivity contribution in [1.29, 1.82) is 0 Å². The predicted octanol–water partition coefficient (Wildman–Crippen LogP) is 3.06. The summed E-state index contributed by atoms with van der Waals surface area (Å²) < 4.78 is 0.890. The predicted molar refractivity (Wildman–Crippen MR) is 106 cm³/mol. The Balaban J connectivity index is 1.62. The Labute approximate surface area is 160 Å². The van der Waals surface area contributed by atoms with Crippen molar-refractivity contribution in [3.05, 3.63) is 50.6 Å². The fourth-order valence-corrected chi connectivity index (χ4v) is 3.53. The maximum absolute atomic E-state index is 11.8. The second kappa shape index (κ2) is 9.58. The molecule has 25 heavy (non-hydrogen) atoms. The maximum Gasteiger partial charge on any atom is 0.261 e. The lowest BCUT2D eigenvalue weighted by molar-refractivity contribution is -0.120. The molecule has 1 heterocycles. The van der Waals surface area contributed by atoms with Gasteiger partial charge in [0.05, 0.1) is 15.2 Å². The lowest BCUT2D eigenvalue weighted by atomic mass is 10.1. The Kier molecular flexibility index (Phi) is 7.46. The summed E-state index contributed by atoms with van der Waals surface area (Å²) in [5.74, 6) is -0.404. The Morgan fingerprint density at radius 3 is 2.40 bits per heavy atom. The maximum atomic E-state index is 11.8. The third kappa shape index (κ3) is 6.51. The van der Waals surface area contributed by atoms with Crippen molar-refractivity contribution in [3.63, 3.8) is 0 Å². The van der Waals surface area contributed by atoms with E-state index in [-0.39, 0.29) is 18.4 Å². The van der Waals surface area contributed by atoms with Crippen LogP contribution in [-0.4, -0.2) is 39.0 Å². The molecular weight excluding hydrogens is 402 g/mol. The molecule has 0 saturated carbocycles. The number of thiophene rings is 1. The number of nitrogens with one attached hydrogen (secondary N) is 2. The standard InChI is InChI=1S/C18H22BrN3O2S/c1-22(2)14-7-5-13(6-8-14)4-3-11-20-17(23)12-21-18(24)15-9-10-16(19)25-15/h5-10H,3-4,11-12H2,1-2H3,(H,20,23)(H,21,24). The molecule has 0 aliphatic heterocycles. The van der Waals surface area contributed by atoms with Crippen molar-refractivity contribution in [2.45, 2.75) is 12.8 Å². The molecule has 0 atom stereocenters. The van der Waals surface area contributed by atoms with Crippen molar-refractivity contribution in [2.24, 2.45) is 0 Å². The number of amides is 2. The lowest BCUT2D eigenvalue weighted by Gasteiger charge is -2.12. The summed E-state index contributed by atoms with van der Waals surface area (Å²) >= 11 is 4.65. The molecule has 2 N–H and O–H groups in total. The molecule has 7 heteroatoms. The second-order valence-corrected chi connectivity index (χ2v) is 8.26. The summed E-state index contributed by atoms with van der Waals surface area (Å²) in [6.07, 6.45) is 1.77. The first-order chi connectivity index (χ1) is 12.0. The highest BCUT2D eigenvalue weighted by atomic mass is 79.9. The highest BCUT2D eigenvalue weighted by Gasteiger charge is 2.09. The van der Waals surface area contributed by atoms with Crippen LogP contribution in [0.15, 0.2) is 40.2 Å². The zero-order valence-electron chi connectivity index (χ0n) is 14.3. The lowest BCUT2D eigenvalue weighted by Crippen LogP contribution is -2.37. The minimum Gasteiger partial charge on any atom is -0.378 e. The molecule has 2 rings (SSSR count). The number of nitrogens with zero attached hydrogens (tertiary/aromatic N) is 1. The first kappa shape index (κ1) is 19.5. The van der Waals surface area contributed by atoms with Crippen molar-refractivity contribution in [2.75, 3.05) is 32.1 Å². The molecular formula is C18H22BrN3O2S. The smallest absolute Gasteiger partial charge is 0.261 e. The normalized spacial score (nSPS) is 10.4. The van der Waals surface area contributed by atoms with Gasteiger partial charge in [0, 0.05) is 26.3 Å². The summed E-state index contributed by atoms with van der Waals surface area (Å²) in [6, 6.07) is 11.9. The van der Waals surface area contributed by atoms with Gasteiger partial charge in [0.25, 0.3) is 5.91 Å². The Morgan fingerprint density at radius 1 is 1.08 bits per heavy atom. The van der Waals surface area contributed by atoms with E-state index in [0.717, 1.165) is 16.6 Å². The van der Waals surface area contributed by atoms with Crippen LogP contribution in [0, 0.1) is 0 Å². The number of rotatable bonds is 8. The number of carbonyl (C=O) groups is 2. The molecule has 1 aromatic heterocycles. The van der Waals surface area contributed by atoms with Gasteiger partial charge in [-0.3, -0.25) is 9.59 Å². The molecule has 0 saturated heterocycles. The van der Waals surface area contributed by atoms with E-state index in [9.17, 15) is 9.59 Å². The van der Waals surface area contributed by atoms with Crippen LogP contribution in [-0.2, 0) is 11.2 Å². The van der Waals surface area contributed by atoms with Gasteiger partial charge < -0.3 is 15.5 Å². The van der Waals surface area contributed by atoms with Crippen LogP contribution in [0.4, 0.5) is 5.69 Å². The quantitative estimate of drug-likeness (QED) is 0.641. The van der Waals surface area contributed by atoms with Crippen LogP contribution in [0.2, 0.25) is 0 Å². The topological polar surface area (TPSA) is 61.4 Å². The third-order valence-corrected chi connectivity index (χ3v) is 5.25. The SMILES string of the molecule is CN(C)c1ccc(CCCNC(=O)CNC(=O)c2ccc(Br)s2)cc1. The van der Waals surface area contributed by atoms with Crippen LogP contribution in [0.5, 0.6) is 0 Å². The van der Waals surface area contributed by atoms with E-state index in [1.165, 1.54) is 22.6 Å². The molecule has 0 bridgehead atoms. The van der Waals surface area contributed by atoms with Crippen molar-refractivity contribution in [3.8, 4) is 0 Å². The zero-order chi connectivity index (χ0) is 18.2. The summed E-state index contributed by atoms with van der Waals surface area (Å²) in [6.45, 7) is 0.584. The first-order valence-corrected chi connectivity index (χ1v) is 9.63. The molecule has 0 radical (unpaired) electrons. The van der Waals surface area contributed by atoms with Gasteiger partial charge in [-0.25, -0.2) is 0 Å². The largest absolute Gasteiger partial charge is 0.378 e. The van der Waals surface area contributed by atoms with Gasteiger partial charge in [0.2, 0.25) is 5.91 Å². The average Bonchev–Trinajstić information content (AvgIpc) is 3.03. The van der Waals surface area contributed by atoms with E-state index in [2.05, 4.69) is 55.7 Å². The van der Waals surface area contributed by atoms with Gasteiger partial charge in [-0.15, -0.1) is 11.3 Å². The molecule has 5 nitrogen and oxygen atoms in total. The monoisotopic (exact) mass is 423 g/mol. The molecule has 0 fully saturated rings. The van der Waals surface area contributed by atoms with Crippen molar-refractivity contribution in [1.82, 2.24) is 10.6 Å². The number of hydrogen-bond donors (Lipinski definition) is 2. The summed E-state index contributed by atoms with van der Waals surface area (Å²) in [5, 5.41) is 5.45. The number of carbonyl (C=O) groups excluding carboxylic acids is 2. The second-order valence-electron chi connectivity index (χ2n) is 5.80. The minimum atomic E-state index is -0.230. The number of aryl methyl sites for hydroxylation is 1. The molecule has 0 aliphatic carbocycles. The molecule has 0 aliphatic rings. The van der Waals surface area contributed by atoms with Crippen LogP contribution in [0.25, 0.3) is 0 Å². The molecule has 1 aromatic carbocycles. The molecule has 2 amide bonds. The summed E-state index contributed by atoms with van der Waals surface area (Å²) in [7, 11) is 4.03. The summed E-state index contributed by atoms with van der Waals surface area (Å²) in [5.41, 5.74) is 2.42. The third-order valence-electron chi connectivity index (χ3n) is 3.62. The van der Waals surface area contributed by atoms with Crippen molar-refractivity contribution >= 4 is 44.8 Å². The van der Waals surface area contributed by atoms with Gasteiger partial charge in [0.1, 0.15) is 0 Å². The van der Waals surface area contributed by atoms with Gasteiger partial charge in [-0.05, 0) is 58.6 Å². The number of anilines is 1. The average molecular weight is 424 g/mol. The van der Waals surface area contributed by atoms with Gasteiger partial charge in [-0.1, -0.05) is 12.1 Å².